The van der Waals surface area contributed by atoms with Gasteiger partial charge in [0.1, 0.15) is 41.3 Å². The molecule has 1 saturated heterocycles. The van der Waals surface area contributed by atoms with Crippen LogP contribution in [0.1, 0.15) is 11.1 Å². The summed E-state index contributed by atoms with van der Waals surface area (Å²) in [6.07, 6.45) is -6.53. The highest BCUT2D eigenvalue weighted by Crippen LogP contribution is 2.31. The number of carboxylic acids is 1. The van der Waals surface area contributed by atoms with Crippen molar-refractivity contribution < 1.29 is 62.1 Å². The van der Waals surface area contributed by atoms with Crippen molar-refractivity contribution in [1.82, 2.24) is 0 Å². The zero-order chi connectivity index (χ0) is 25.2. The molecule has 0 bridgehead atoms. The molecule has 1 aliphatic heterocycles. The van der Waals surface area contributed by atoms with Crippen molar-refractivity contribution in [3.8, 4) is 23.0 Å². The van der Waals surface area contributed by atoms with Gasteiger partial charge in [0.2, 0.25) is 6.29 Å². The van der Waals surface area contributed by atoms with Crippen LogP contribution in [0, 0.1) is 0 Å². The van der Waals surface area contributed by atoms with Crippen LogP contribution in [0.5, 0.6) is 23.0 Å². The first-order chi connectivity index (χ1) is 15.8. The maximum Gasteiger partial charge on any atom is 0.446 e. The molecule has 0 amide bonds. The van der Waals surface area contributed by atoms with Crippen molar-refractivity contribution in [2.24, 2.45) is 0 Å². The fourth-order valence-electron chi connectivity index (χ4n) is 3.10. The van der Waals surface area contributed by atoms with Gasteiger partial charge in [0, 0.05) is 17.7 Å². The Morgan fingerprint density at radius 2 is 1.65 bits per heavy atom. The maximum atomic E-state index is 11.3. The van der Waals surface area contributed by atoms with Gasteiger partial charge in [0.25, 0.3) is 0 Å². The zero-order valence-corrected chi connectivity index (χ0v) is 17.8. The van der Waals surface area contributed by atoms with Crippen LogP contribution in [0.25, 0.3) is 12.2 Å². The van der Waals surface area contributed by atoms with E-state index in [2.05, 4.69) is 4.18 Å². The number of rotatable bonds is 7. The molecule has 5 atom stereocenters. The molecule has 7 N–H and O–H groups in total. The van der Waals surface area contributed by atoms with E-state index >= 15 is 0 Å². The molecule has 0 aliphatic carbocycles. The van der Waals surface area contributed by atoms with Crippen LogP contribution in [-0.2, 0) is 19.9 Å². The van der Waals surface area contributed by atoms with E-state index in [0.717, 1.165) is 12.1 Å². The molecule has 34 heavy (non-hydrogen) atoms. The van der Waals surface area contributed by atoms with Gasteiger partial charge in [0.05, 0.1) is 0 Å². The van der Waals surface area contributed by atoms with Crippen LogP contribution >= 0.6 is 0 Å². The summed E-state index contributed by atoms with van der Waals surface area (Å²) >= 11 is 0. The Labute approximate surface area is 192 Å². The van der Waals surface area contributed by atoms with E-state index in [1.54, 1.807) is 0 Å². The third-order valence-corrected chi connectivity index (χ3v) is 5.03. The van der Waals surface area contributed by atoms with Crippen LogP contribution < -0.4 is 8.92 Å². The summed E-state index contributed by atoms with van der Waals surface area (Å²) < 4.78 is 45.4. The van der Waals surface area contributed by atoms with Crippen molar-refractivity contribution in [2.45, 2.75) is 30.7 Å². The van der Waals surface area contributed by atoms with Crippen molar-refractivity contribution >= 4 is 28.5 Å². The van der Waals surface area contributed by atoms with E-state index in [0.29, 0.717) is 0 Å². The van der Waals surface area contributed by atoms with Crippen molar-refractivity contribution in [2.75, 3.05) is 0 Å². The lowest BCUT2D eigenvalue weighted by Gasteiger charge is -2.38. The quantitative estimate of drug-likeness (QED) is 0.192. The second kappa shape index (κ2) is 9.84. The standard InChI is InChI=1S/C20H20O13S/c21-11-4-3-10(2-1-9-5-12(22)7-13(6-9)33-34(28,29)30)14(8-11)31-20-17(25)15(23)16(24)18(32-20)19(26)27/h1-8,15-18,20-25H,(H,26,27)(H,28,29,30)/b2-1+/t15-,16+,17+,18-,20+/m1/s1. The molecule has 0 saturated carbocycles. The average molecular weight is 500 g/mol. The first-order valence-electron chi connectivity index (χ1n) is 9.45. The molecule has 14 heteroatoms. The second-order valence-corrected chi connectivity index (χ2v) is 8.20. The summed E-state index contributed by atoms with van der Waals surface area (Å²) in [5.74, 6) is -2.75. The van der Waals surface area contributed by atoms with Crippen molar-refractivity contribution in [1.29, 1.82) is 0 Å². The van der Waals surface area contributed by atoms with Gasteiger partial charge >= 0.3 is 16.4 Å². The maximum absolute atomic E-state index is 11.3. The zero-order valence-electron chi connectivity index (χ0n) is 17.0. The minimum absolute atomic E-state index is 0.123. The molecule has 0 radical (unpaired) electrons. The number of aliphatic hydroxyl groups is 3. The number of aliphatic hydroxyl groups excluding tert-OH is 3. The molecule has 2 aromatic rings. The number of hydrogen-bond donors (Lipinski definition) is 7. The number of benzene rings is 2. The van der Waals surface area contributed by atoms with Gasteiger partial charge in [-0.05, 0) is 29.8 Å². The molecule has 0 unspecified atom stereocenters. The topological polar surface area (TPSA) is 221 Å². The molecule has 2 aromatic carbocycles. The summed E-state index contributed by atoms with van der Waals surface area (Å²) in [5, 5.41) is 58.6. The number of carbonyl (C=O) groups is 1. The Morgan fingerprint density at radius 3 is 2.29 bits per heavy atom. The lowest BCUT2D eigenvalue weighted by Crippen LogP contribution is -2.61. The van der Waals surface area contributed by atoms with Crippen LogP contribution in [0.2, 0.25) is 0 Å². The summed E-state index contributed by atoms with van der Waals surface area (Å²) in [6, 6.07) is 7.11. The van der Waals surface area contributed by atoms with Crippen LogP contribution in [0.15, 0.2) is 36.4 Å². The Balaban J connectivity index is 1.89. The third kappa shape index (κ3) is 6.13. The van der Waals surface area contributed by atoms with E-state index in [1.165, 1.54) is 36.4 Å². The van der Waals surface area contributed by atoms with Gasteiger partial charge < -0.3 is 44.3 Å². The van der Waals surface area contributed by atoms with Gasteiger partial charge in [-0.3, -0.25) is 4.55 Å². The molecule has 0 spiro atoms. The largest absolute Gasteiger partial charge is 0.508 e. The summed E-state index contributed by atoms with van der Waals surface area (Å²) in [4.78, 5) is 11.3. The molecule has 3 rings (SSSR count). The molecule has 1 heterocycles. The van der Waals surface area contributed by atoms with Gasteiger partial charge in [-0.2, -0.15) is 8.42 Å². The van der Waals surface area contributed by atoms with E-state index in [4.69, 9.17) is 19.1 Å². The first-order valence-corrected chi connectivity index (χ1v) is 10.8. The minimum atomic E-state index is -4.83. The van der Waals surface area contributed by atoms with Gasteiger partial charge in [-0.15, -0.1) is 0 Å². The van der Waals surface area contributed by atoms with E-state index < -0.39 is 47.1 Å². The highest BCUT2D eigenvalue weighted by molar-refractivity contribution is 7.81. The number of aromatic hydroxyl groups is 2. The highest BCUT2D eigenvalue weighted by Gasteiger charge is 2.48. The predicted molar refractivity (Wildman–Crippen MR) is 112 cm³/mol. The number of phenols is 2. The Morgan fingerprint density at radius 1 is 0.941 bits per heavy atom. The lowest BCUT2D eigenvalue weighted by atomic mass is 9.99. The molecule has 1 aliphatic rings. The normalized spacial score (nSPS) is 25.2. The SMILES string of the molecule is O=C(O)[C@@H]1O[C@H](Oc2cc(O)ccc2/C=C/c2cc(O)cc(OS(=O)(=O)O)c2)[C@@H](O)[C@H](O)[C@@H]1O. The van der Waals surface area contributed by atoms with Gasteiger partial charge in [-0.1, -0.05) is 12.2 Å². The fraction of sp³-hybridized carbons (Fsp3) is 0.250. The fourth-order valence-corrected chi connectivity index (χ4v) is 3.43. The van der Waals surface area contributed by atoms with Crippen LogP contribution in [0.3, 0.4) is 0 Å². The van der Waals surface area contributed by atoms with E-state index in [-0.39, 0.29) is 34.1 Å². The molecule has 184 valence electrons. The summed E-state index contributed by atoms with van der Waals surface area (Å²) in [6.45, 7) is 0. The Bertz CT molecular complexity index is 1190. The Kier molecular flexibility index (Phi) is 7.30. The number of hydrogen-bond acceptors (Lipinski definition) is 11. The van der Waals surface area contributed by atoms with E-state index in [1.807, 2.05) is 0 Å². The Hall–Kier alpha value is -3.40. The first kappa shape index (κ1) is 25.2. The highest BCUT2D eigenvalue weighted by atomic mass is 32.3. The van der Waals surface area contributed by atoms with Crippen molar-refractivity contribution in [3.63, 3.8) is 0 Å². The summed E-state index contributed by atoms with van der Waals surface area (Å²) in [7, 11) is -4.83. The summed E-state index contributed by atoms with van der Waals surface area (Å²) in [5.41, 5.74) is 0.456. The van der Waals surface area contributed by atoms with Crippen LogP contribution in [0.4, 0.5) is 0 Å². The van der Waals surface area contributed by atoms with Crippen LogP contribution in [-0.4, -0.2) is 80.3 Å². The third-order valence-electron chi connectivity index (χ3n) is 4.62. The monoisotopic (exact) mass is 500 g/mol. The average Bonchev–Trinajstić information content (AvgIpc) is 2.71. The minimum Gasteiger partial charge on any atom is -0.508 e. The molecule has 13 nitrogen and oxygen atoms in total. The molecular formula is C20H20O13S. The number of carboxylic acid groups (broad SMARTS) is 1. The number of aliphatic carboxylic acids is 1. The smallest absolute Gasteiger partial charge is 0.446 e. The molecule has 1 fully saturated rings. The second-order valence-electron chi connectivity index (χ2n) is 7.18. The number of phenolic OH excluding ortho intramolecular Hbond substituents is 2. The van der Waals surface area contributed by atoms with Crippen molar-refractivity contribution in [3.05, 3.63) is 47.5 Å². The number of ether oxygens (including phenoxy) is 2. The molecule has 0 aromatic heterocycles. The molecular weight excluding hydrogens is 480 g/mol. The van der Waals surface area contributed by atoms with Gasteiger partial charge in [0.15, 0.2) is 6.10 Å². The lowest BCUT2D eigenvalue weighted by molar-refractivity contribution is -0.271. The van der Waals surface area contributed by atoms with E-state index in [9.17, 15) is 38.7 Å². The van der Waals surface area contributed by atoms with Gasteiger partial charge in [-0.25, -0.2) is 4.79 Å². The predicted octanol–water partition coefficient (Wildman–Crippen LogP) is -0.279.